The van der Waals surface area contributed by atoms with Crippen LogP contribution in [0, 0.1) is 11.3 Å². The predicted molar refractivity (Wildman–Crippen MR) is 78.1 cm³/mol. The number of likely N-dealkylation sites (tertiary alicyclic amines) is 1. The van der Waals surface area contributed by atoms with E-state index in [0.717, 1.165) is 19.4 Å². The molecule has 2 aliphatic heterocycles. The molecule has 0 spiro atoms. The van der Waals surface area contributed by atoms with Crippen LogP contribution in [0.25, 0.3) is 0 Å². The summed E-state index contributed by atoms with van der Waals surface area (Å²) in [7, 11) is 1.76. The van der Waals surface area contributed by atoms with E-state index in [-0.39, 0.29) is 18.1 Å². The van der Waals surface area contributed by atoms with E-state index >= 15 is 0 Å². The van der Waals surface area contributed by atoms with Crippen molar-refractivity contribution in [2.45, 2.75) is 39.2 Å². The number of carboxylic acid groups (broad SMARTS) is 1. The number of hydrogen-bond donors (Lipinski definition) is 1. The highest BCUT2D eigenvalue weighted by Gasteiger charge is 2.48. The highest BCUT2D eigenvalue weighted by molar-refractivity contribution is 5.80. The summed E-state index contributed by atoms with van der Waals surface area (Å²) < 4.78 is 5.55. The topological polar surface area (TPSA) is 70.1 Å². The minimum atomic E-state index is -0.805. The number of carboxylic acids is 1. The van der Waals surface area contributed by atoms with Gasteiger partial charge in [0.05, 0.1) is 11.5 Å². The van der Waals surface area contributed by atoms with Gasteiger partial charge in [-0.3, -0.25) is 4.79 Å². The molecule has 2 amide bonds. The Bertz CT molecular complexity index is 406. The molecule has 1 N–H and O–H groups in total. The van der Waals surface area contributed by atoms with Crippen LogP contribution in [0.2, 0.25) is 0 Å². The molecule has 0 aromatic rings. The van der Waals surface area contributed by atoms with Crippen LogP contribution >= 0.6 is 0 Å². The minimum absolute atomic E-state index is 0.0104. The molecular formula is C15H26N2O4. The highest BCUT2D eigenvalue weighted by Crippen LogP contribution is 2.38. The van der Waals surface area contributed by atoms with Crippen LogP contribution in [0.5, 0.6) is 0 Å². The third kappa shape index (κ3) is 3.15. The minimum Gasteiger partial charge on any atom is -0.481 e. The first kappa shape index (κ1) is 16.1. The number of aliphatic carboxylic acids is 1. The van der Waals surface area contributed by atoms with Gasteiger partial charge in [0.2, 0.25) is 0 Å². The van der Waals surface area contributed by atoms with E-state index in [1.54, 1.807) is 16.8 Å². The van der Waals surface area contributed by atoms with Crippen molar-refractivity contribution in [1.29, 1.82) is 0 Å². The first-order valence-corrected chi connectivity index (χ1v) is 7.72. The molecule has 2 atom stereocenters. The van der Waals surface area contributed by atoms with Crippen molar-refractivity contribution in [2.24, 2.45) is 11.3 Å². The number of urea groups is 1. The van der Waals surface area contributed by atoms with Crippen LogP contribution in [0.3, 0.4) is 0 Å². The maximum atomic E-state index is 12.5. The predicted octanol–water partition coefficient (Wildman–Crippen LogP) is 1.65. The summed E-state index contributed by atoms with van der Waals surface area (Å²) in [6.07, 6.45) is 2.68. The van der Waals surface area contributed by atoms with Crippen molar-refractivity contribution in [1.82, 2.24) is 9.80 Å². The average molecular weight is 298 g/mol. The highest BCUT2D eigenvalue weighted by atomic mass is 16.5. The first-order chi connectivity index (χ1) is 9.86. The number of amides is 2. The van der Waals surface area contributed by atoms with Crippen molar-refractivity contribution < 1.29 is 19.4 Å². The smallest absolute Gasteiger partial charge is 0.319 e. The van der Waals surface area contributed by atoms with Gasteiger partial charge in [-0.05, 0) is 25.2 Å². The summed E-state index contributed by atoms with van der Waals surface area (Å²) in [5, 5.41) is 9.53. The summed E-state index contributed by atoms with van der Waals surface area (Å²) in [6, 6.07) is -0.0886. The van der Waals surface area contributed by atoms with Gasteiger partial charge in [-0.15, -0.1) is 0 Å². The standard InChI is InChI=1S/C15H26N2O4/c1-11(2)15(13(18)19)6-7-17(10-15)14(20)16(3)9-12-5-4-8-21-12/h11-12H,4-10H2,1-3H3,(H,18,19). The van der Waals surface area contributed by atoms with Crippen molar-refractivity contribution in [2.75, 3.05) is 33.3 Å². The summed E-state index contributed by atoms with van der Waals surface area (Å²) >= 11 is 0. The third-order valence-corrected chi connectivity index (χ3v) is 4.93. The lowest BCUT2D eigenvalue weighted by molar-refractivity contribution is -0.150. The molecule has 2 aliphatic rings. The van der Waals surface area contributed by atoms with Crippen molar-refractivity contribution in [3.63, 3.8) is 0 Å². The molecule has 0 radical (unpaired) electrons. The zero-order valence-electron chi connectivity index (χ0n) is 13.2. The molecule has 0 aromatic carbocycles. The van der Waals surface area contributed by atoms with Crippen LogP contribution in [0.4, 0.5) is 4.79 Å². The molecule has 0 aliphatic carbocycles. The second kappa shape index (κ2) is 6.22. The maximum absolute atomic E-state index is 12.5. The number of hydrogen-bond acceptors (Lipinski definition) is 3. The molecule has 2 saturated heterocycles. The van der Waals surface area contributed by atoms with Crippen LogP contribution in [0.15, 0.2) is 0 Å². The number of nitrogens with zero attached hydrogens (tertiary/aromatic N) is 2. The van der Waals surface area contributed by atoms with Gasteiger partial charge in [-0.25, -0.2) is 4.79 Å². The van der Waals surface area contributed by atoms with E-state index in [1.165, 1.54) is 0 Å². The first-order valence-electron chi connectivity index (χ1n) is 7.72. The molecule has 0 bridgehead atoms. The summed E-state index contributed by atoms with van der Waals surface area (Å²) in [4.78, 5) is 27.4. The number of carbonyl (C=O) groups is 2. The number of ether oxygens (including phenoxy) is 1. The van der Waals surface area contributed by atoms with Gasteiger partial charge in [0.1, 0.15) is 0 Å². The molecule has 2 heterocycles. The number of likely N-dealkylation sites (N-methyl/N-ethyl adjacent to an activating group) is 1. The largest absolute Gasteiger partial charge is 0.481 e. The van der Waals surface area contributed by atoms with Crippen molar-refractivity contribution in [3.05, 3.63) is 0 Å². The molecular weight excluding hydrogens is 272 g/mol. The van der Waals surface area contributed by atoms with Gasteiger partial charge in [0, 0.05) is 33.3 Å². The Hall–Kier alpha value is -1.30. The fourth-order valence-corrected chi connectivity index (χ4v) is 3.30. The van der Waals surface area contributed by atoms with Gasteiger partial charge in [0.25, 0.3) is 0 Å². The van der Waals surface area contributed by atoms with Crippen LogP contribution in [0.1, 0.15) is 33.1 Å². The second-order valence-corrected chi connectivity index (χ2v) is 6.59. The zero-order chi connectivity index (χ0) is 15.6. The van der Waals surface area contributed by atoms with Crippen LogP contribution in [-0.4, -0.2) is 66.3 Å². The van der Waals surface area contributed by atoms with E-state index < -0.39 is 11.4 Å². The fourth-order valence-electron chi connectivity index (χ4n) is 3.30. The molecule has 2 fully saturated rings. The van der Waals surface area contributed by atoms with Crippen LogP contribution in [-0.2, 0) is 9.53 Å². The Morgan fingerprint density at radius 2 is 2.19 bits per heavy atom. The van der Waals surface area contributed by atoms with Crippen molar-refractivity contribution in [3.8, 4) is 0 Å². The molecule has 120 valence electrons. The lowest BCUT2D eigenvalue weighted by Crippen LogP contribution is -2.46. The summed E-state index contributed by atoms with van der Waals surface area (Å²) in [5.41, 5.74) is -0.805. The van der Waals surface area contributed by atoms with Gasteiger partial charge >= 0.3 is 12.0 Å². The molecule has 0 saturated carbocycles. The summed E-state index contributed by atoms with van der Waals surface area (Å²) in [5.74, 6) is -0.786. The Labute approximate surface area is 126 Å². The van der Waals surface area contributed by atoms with Gasteiger partial charge in [-0.1, -0.05) is 13.8 Å². The molecule has 2 unspecified atom stereocenters. The van der Waals surface area contributed by atoms with E-state index in [4.69, 9.17) is 4.74 Å². The maximum Gasteiger partial charge on any atom is 0.319 e. The Balaban J connectivity index is 1.96. The van der Waals surface area contributed by atoms with E-state index in [9.17, 15) is 14.7 Å². The fraction of sp³-hybridized carbons (Fsp3) is 0.867. The normalized spacial score (nSPS) is 29.1. The average Bonchev–Trinajstić information content (AvgIpc) is 3.06. The number of carbonyl (C=O) groups excluding carboxylic acids is 1. The summed E-state index contributed by atoms with van der Waals surface area (Å²) in [6.45, 7) is 5.99. The molecule has 2 rings (SSSR count). The van der Waals surface area contributed by atoms with Crippen LogP contribution < -0.4 is 0 Å². The van der Waals surface area contributed by atoms with E-state index in [2.05, 4.69) is 0 Å². The van der Waals surface area contributed by atoms with E-state index in [0.29, 0.717) is 26.1 Å². The molecule has 6 heteroatoms. The zero-order valence-corrected chi connectivity index (χ0v) is 13.2. The molecule has 6 nitrogen and oxygen atoms in total. The monoisotopic (exact) mass is 298 g/mol. The lowest BCUT2D eigenvalue weighted by atomic mass is 9.76. The lowest BCUT2D eigenvalue weighted by Gasteiger charge is -2.30. The molecule has 21 heavy (non-hydrogen) atoms. The molecule has 0 aromatic heterocycles. The van der Waals surface area contributed by atoms with Crippen molar-refractivity contribution >= 4 is 12.0 Å². The van der Waals surface area contributed by atoms with E-state index in [1.807, 2.05) is 13.8 Å². The second-order valence-electron chi connectivity index (χ2n) is 6.59. The Kier molecular flexibility index (Phi) is 4.76. The SMILES string of the molecule is CC(C)C1(C(=O)O)CCN(C(=O)N(C)CC2CCCO2)C1. The Morgan fingerprint density at radius 1 is 1.48 bits per heavy atom. The quantitative estimate of drug-likeness (QED) is 0.857. The third-order valence-electron chi connectivity index (χ3n) is 4.93. The van der Waals surface area contributed by atoms with Gasteiger partial charge in [0.15, 0.2) is 0 Å². The van der Waals surface area contributed by atoms with Gasteiger partial charge < -0.3 is 19.6 Å². The number of rotatable bonds is 4. The Morgan fingerprint density at radius 3 is 2.67 bits per heavy atom. The van der Waals surface area contributed by atoms with Gasteiger partial charge in [-0.2, -0.15) is 0 Å².